The van der Waals surface area contributed by atoms with Crippen LogP contribution in [-0.4, -0.2) is 70.7 Å². The van der Waals surface area contributed by atoms with Gasteiger partial charge in [-0.15, -0.1) is 22.0 Å². The van der Waals surface area contributed by atoms with E-state index in [1.54, 1.807) is 14.0 Å². The molecule has 4 rings (SSSR count). The van der Waals surface area contributed by atoms with Gasteiger partial charge in [-0.2, -0.15) is 5.10 Å². The second kappa shape index (κ2) is 8.56. The zero-order chi connectivity index (χ0) is 22.4. The Morgan fingerprint density at radius 3 is 2.68 bits per heavy atom. The van der Waals surface area contributed by atoms with Crippen LogP contribution in [0.3, 0.4) is 0 Å². The van der Waals surface area contributed by atoms with E-state index >= 15 is 0 Å². The molecule has 31 heavy (non-hydrogen) atoms. The number of fused-ring (bicyclic) bond motifs is 1. The molecule has 1 saturated heterocycles. The number of carbonyl (C=O) groups excluding carboxylic acids is 2. The number of hydrogen-bond acceptors (Lipinski definition) is 9. The summed E-state index contributed by atoms with van der Waals surface area (Å²) in [7, 11) is 1.64. The van der Waals surface area contributed by atoms with E-state index in [2.05, 4.69) is 36.5 Å². The number of β-lactam (4-membered cyclic amide) rings is 1. The fourth-order valence-corrected chi connectivity index (χ4v) is 7.19. The van der Waals surface area contributed by atoms with Gasteiger partial charge in [0.25, 0.3) is 11.8 Å². The number of rotatable bonds is 6. The van der Waals surface area contributed by atoms with Crippen molar-refractivity contribution < 1.29 is 19.5 Å². The van der Waals surface area contributed by atoms with Crippen molar-refractivity contribution in [2.24, 2.45) is 7.05 Å². The summed E-state index contributed by atoms with van der Waals surface area (Å²) in [6, 6.07) is -0.797. The SMILES string of the molecule is Cc1nnc(SCC2=C(C(=O)O)N3C(=O)[C@H](NC(=O)c4c(Br)c(C)nn4C)[C@H]3SC2)s1. The second-order valence-corrected chi connectivity index (χ2v) is 11.2. The lowest BCUT2D eigenvalue weighted by Gasteiger charge is -2.49. The minimum Gasteiger partial charge on any atom is -0.477 e. The van der Waals surface area contributed by atoms with Crippen LogP contribution in [0.5, 0.6) is 0 Å². The van der Waals surface area contributed by atoms with E-state index in [1.165, 1.54) is 44.4 Å². The summed E-state index contributed by atoms with van der Waals surface area (Å²) in [6.07, 6.45) is 0. The van der Waals surface area contributed by atoms with Crippen molar-refractivity contribution in [3.05, 3.63) is 32.1 Å². The molecule has 0 radical (unpaired) electrons. The van der Waals surface area contributed by atoms with Crippen LogP contribution in [0.25, 0.3) is 0 Å². The number of thioether (sulfide) groups is 2. The van der Waals surface area contributed by atoms with Crippen molar-refractivity contribution in [2.45, 2.75) is 29.6 Å². The molecule has 164 valence electrons. The zero-order valence-electron chi connectivity index (χ0n) is 16.6. The monoisotopic (exact) mass is 544 g/mol. The third-order valence-corrected chi connectivity index (χ3v) is 9.13. The number of nitrogens with zero attached hydrogens (tertiary/aromatic N) is 5. The molecule has 4 heterocycles. The lowest BCUT2D eigenvalue weighted by Crippen LogP contribution is -2.70. The molecule has 0 saturated carbocycles. The number of carboxylic acids is 1. The maximum Gasteiger partial charge on any atom is 0.352 e. The van der Waals surface area contributed by atoms with Crippen LogP contribution in [0, 0.1) is 13.8 Å². The van der Waals surface area contributed by atoms with Crippen molar-refractivity contribution in [3.63, 3.8) is 0 Å². The van der Waals surface area contributed by atoms with Gasteiger partial charge in [-0.05, 0) is 35.4 Å². The largest absolute Gasteiger partial charge is 0.477 e. The van der Waals surface area contributed by atoms with Crippen molar-refractivity contribution in [2.75, 3.05) is 11.5 Å². The summed E-state index contributed by atoms with van der Waals surface area (Å²) in [5.74, 6) is -1.19. The number of amides is 2. The number of carbonyl (C=O) groups is 3. The first-order valence-electron chi connectivity index (χ1n) is 9.02. The van der Waals surface area contributed by atoms with Gasteiger partial charge in [-0.25, -0.2) is 4.79 Å². The highest BCUT2D eigenvalue weighted by atomic mass is 79.9. The molecule has 2 aliphatic rings. The van der Waals surface area contributed by atoms with E-state index in [1.807, 2.05) is 6.92 Å². The molecule has 0 bridgehead atoms. The van der Waals surface area contributed by atoms with Gasteiger partial charge < -0.3 is 10.4 Å². The van der Waals surface area contributed by atoms with Crippen LogP contribution in [-0.2, 0) is 16.6 Å². The normalized spacial score (nSPS) is 20.5. The summed E-state index contributed by atoms with van der Waals surface area (Å²) < 4.78 is 2.75. The van der Waals surface area contributed by atoms with Gasteiger partial charge in [-0.1, -0.05) is 23.1 Å². The Labute approximate surface area is 198 Å². The molecule has 1 fully saturated rings. The van der Waals surface area contributed by atoms with Crippen LogP contribution in [0.15, 0.2) is 20.1 Å². The zero-order valence-corrected chi connectivity index (χ0v) is 20.6. The first kappa shape index (κ1) is 22.3. The molecule has 0 aromatic carbocycles. The second-order valence-electron chi connectivity index (χ2n) is 6.87. The van der Waals surface area contributed by atoms with Gasteiger partial charge in [-0.3, -0.25) is 19.2 Å². The maximum atomic E-state index is 12.8. The average molecular weight is 545 g/mol. The van der Waals surface area contributed by atoms with Crippen molar-refractivity contribution in [1.82, 2.24) is 30.2 Å². The number of nitrogens with one attached hydrogen (secondary N) is 1. The Morgan fingerprint density at radius 1 is 1.35 bits per heavy atom. The lowest BCUT2D eigenvalue weighted by molar-refractivity contribution is -0.148. The Kier molecular flexibility index (Phi) is 6.16. The molecule has 10 nitrogen and oxygen atoms in total. The fourth-order valence-electron chi connectivity index (χ4n) is 3.37. The minimum atomic E-state index is -1.16. The lowest BCUT2D eigenvalue weighted by atomic mass is 10.0. The molecule has 0 aliphatic carbocycles. The van der Waals surface area contributed by atoms with Gasteiger partial charge in [0.2, 0.25) is 0 Å². The van der Waals surface area contributed by atoms with E-state index in [-0.39, 0.29) is 5.70 Å². The molecular weight excluding hydrogens is 528 g/mol. The molecular formula is C17H17BrN6O4S3. The summed E-state index contributed by atoms with van der Waals surface area (Å²) in [5.41, 5.74) is 1.60. The molecule has 14 heteroatoms. The van der Waals surface area contributed by atoms with E-state index in [9.17, 15) is 19.5 Å². The number of carboxylic acid groups (broad SMARTS) is 1. The third-order valence-electron chi connectivity index (χ3n) is 4.78. The molecule has 2 aromatic heterocycles. The molecule has 2 N–H and O–H groups in total. The van der Waals surface area contributed by atoms with Gasteiger partial charge in [0, 0.05) is 18.6 Å². The van der Waals surface area contributed by atoms with Crippen molar-refractivity contribution >= 4 is 68.6 Å². The minimum absolute atomic E-state index is 0.00876. The fraction of sp³-hybridized carbons (Fsp3) is 0.412. The molecule has 2 aromatic rings. The smallest absolute Gasteiger partial charge is 0.352 e. The summed E-state index contributed by atoms with van der Waals surface area (Å²) in [5, 5.41) is 25.1. The predicted octanol–water partition coefficient (Wildman–Crippen LogP) is 1.80. The Hall–Kier alpha value is -1.90. The van der Waals surface area contributed by atoms with E-state index in [4.69, 9.17) is 0 Å². The molecule has 2 atom stereocenters. The van der Waals surface area contributed by atoms with Gasteiger partial charge in [0.15, 0.2) is 4.34 Å². The molecule has 0 unspecified atom stereocenters. The molecule has 0 spiro atoms. The van der Waals surface area contributed by atoms with Gasteiger partial charge >= 0.3 is 5.97 Å². The number of halogens is 1. The van der Waals surface area contributed by atoms with E-state index < -0.39 is 29.2 Å². The Balaban J connectivity index is 1.50. The van der Waals surface area contributed by atoms with Crippen LogP contribution in [0.4, 0.5) is 0 Å². The highest BCUT2D eigenvalue weighted by Gasteiger charge is 2.54. The van der Waals surface area contributed by atoms with Crippen LogP contribution in [0.1, 0.15) is 21.2 Å². The topological polar surface area (TPSA) is 130 Å². The number of aliphatic carboxylic acids is 1. The quantitative estimate of drug-likeness (QED) is 0.412. The Morgan fingerprint density at radius 2 is 2.10 bits per heavy atom. The predicted molar refractivity (Wildman–Crippen MR) is 120 cm³/mol. The molecule has 2 aliphatic heterocycles. The van der Waals surface area contributed by atoms with Gasteiger partial charge in [0.05, 0.1) is 10.2 Å². The summed E-state index contributed by atoms with van der Waals surface area (Å²) in [4.78, 5) is 38.8. The highest BCUT2D eigenvalue weighted by Crippen LogP contribution is 2.42. The summed E-state index contributed by atoms with van der Waals surface area (Å²) >= 11 is 7.62. The molecule has 2 amide bonds. The highest BCUT2D eigenvalue weighted by molar-refractivity contribution is 9.10. The number of hydrogen-bond donors (Lipinski definition) is 2. The van der Waals surface area contributed by atoms with Crippen molar-refractivity contribution in [3.8, 4) is 0 Å². The van der Waals surface area contributed by atoms with Crippen LogP contribution >= 0.6 is 50.8 Å². The first-order chi connectivity index (χ1) is 14.7. The third kappa shape index (κ3) is 4.01. The standard InChI is InChI=1S/C17H17BrN6O4S3/c1-6-9(18)12(23(3)22-6)13(25)19-10-14(26)24-11(16(27)28)8(4-29-15(10)24)5-30-17-21-20-7(2)31-17/h10,15H,4-5H2,1-3H3,(H,19,25)(H,27,28)/t10-,15+/m0/s1. The summed E-state index contributed by atoms with van der Waals surface area (Å²) in [6.45, 7) is 3.61. The average Bonchev–Trinajstić information content (AvgIpc) is 3.25. The van der Waals surface area contributed by atoms with Crippen molar-refractivity contribution in [1.29, 1.82) is 0 Å². The van der Waals surface area contributed by atoms with Crippen LogP contribution < -0.4 is 5.32 Å². The number of aromatic nitrogens is 4. The van der Waals surface area contributed by atoms with Gasteiger partial charge in [0.1, 0.15) is 27.8 Å². The maximum absolute atomic E-state index is 12.8. The van der Waals surface area contributed by atoms with E-state index in [0.717, 1.165) is 9.35 Å². The first-order valence-corrected chi connectivity index (χ1v) is 12.7. The van der Waals surface area contributed by atoms with Crippen LogP contribution in [0.2, 0.25) is 0 Å². The van der Waals surface area contributed by atoms with E-state index in [0.29, 0.717) is 32.9 Å². The Bertz CT molecular complexity index is 1130. The number of aryl methyl sites for hydroxylation is 3.